The summed E-state index contributed by atoms with van der Waals surface area (Å²) < 4.78 is 12.0. The quantitative estimate of drug-likeness (QED) is 0.321. The van der Waals surface area contributed by atoms with Gasteiger partial charge in [-0.05, 0) is 43.7 Å². The minimum Gasteiger partial charge on any atom is -0.497 e. The number of benzene rings is 1. The lowest BCUT2D eigenvalue weighted by atomic mass is 10.2. The van der Waals surface area contributed by atoms with Gasteiger partial charge in [0.25, 0.3) is 5.56 Å². The van der Waals surface area contributed by atoms with E-state index in [1.54, 1.807) is 14.0 Å². The molecular weight excluding hydrogens is 450 g/mol. The Hall–Kier alpha value is -3.18. The van der Waals surface area contributed by atoms with Crippen LogP contribution in [0.4, 0.5) is 0 Å². The van der Waals surface area contributed by atoms with Crippen molar-refractivity contribution in [1.29, 1.82) is 0 Å². The van der Waals surface area contributed by atoms with E-state index in [0.717, 1.165) is 33.6 Å². The zero-order chi connectivity index (χ0) is 22.8. The third-order valence-electron chi connectivity index (χ3n) is 4.94. The Morgan fingerprint density at radius 2 is 1.97 bits per heavy atom. The summed E-state index contributed by atoms with van der Waals surface area (Å²) in [7, 11) is 2.94. The van der Waals surface area contributed by atoms with Gasteiger partial charge in [0.15, 0.2) is 11.0 Å². The highest BCUT2D eigenvalue weighted by atomic mass is 32.2. The first-order valence-electron chi connectivity index (χ1n) is 9.77. The molecule has 4 rings (SSSR count). The average Bonchev–Trinajstić information content (AvgIpc) is 3.38. The van der Waals surface area contributed by atoms with Crippen molar-refractivity contribution in [2.45, 2.75) is 31.3 Å². The van der Waals surface area contributed by atoms with Crippen LogP contribution >= 0.6 is 23.1 Å². The van der Waals surface area contributed by atoms with Gasteiger partial charge in [-0.25, -0.2) is 9.78 Å². The minimum atomic E-state index is -0.470. The predicted molar refractivity (Wildman–Crippen MR) is 124 cm³/mol. The number of fused-ring (bicyclic) bond motifs is 1. The summed E-state index contributed by atoms with van der Waals surface area (Å²) in [6.07, 6.45) is 0. The van der Waals surface area contributed by atoms with Crippen molar-refractivity contribution < 1.29 is 14.3 Å². The van der Waals surface area contributed by atoms with Crippen molar-refractivity contribution in [3.05, 3.63) is 50.9 Å². The van der Waals surface area contributed by atoms with E-state index in [1.165, 1.54) is 18.9 Å². The van der Waals surface area contributed by atoms with Crippen molar-refractivity contribution in [3.8, 4) is 17.1 Å². The number of nitrogens with zero attached hydrogens (tertiary/aromatic N) is 4. The summed E-state index contributed by atoms with van der Waals surface area (Å²) in [5, 5.41) is 9.81. The maximum atomic E-state index is 12.6. The monoisotopic (exact) mass is 471 g/mol. The molecular formula is C21H21N5O4S2. The van der Waals surface area contributed by atoms with Gasteiger partial charge in [-0.15, -0.1) is 21.5 Å². The summed E-state index contributed by atoms with van der Waals surface area (Å²) in [6, 6.07) is 7.64. The third kappa shape index (κ3) is 4.00. The largest absolute Gasteiger partial charge is 0.497 e. The van der Waals surface area contributed by atoms with Crippen LogP contribution in [0.25, 0.3) is 21.6 Å². The van der Waals surface area contributed by atoms with Crippen LogP contribution in [-0.4, -0.2) is 44.9 Å². The number of thioether (sulfide) groups is 1. The second kappa shape index (κ2) is 9.13. The van der Waals surface area contributed by atoms with Gasteiger partial charge in [-0.2, -0.15) is 0 Å². The summed E-state index contributed by atoms with van der Waals surface area (Å²) >= 11 is 2.59. The Bertz CT molecular complexity index is 1340. The highest BCUT2D eigenvalue weighted by Gasteiger charge is 2.20. The molecule has 32 heavy (non-hydrogen) atoms. The van der Waals surface area contributed by atoms with Gasteiger partial charge in [-0.1, -0.05) is 11.8 Å². The summed E-state index contributed by atoms with van der Waals surface area (Å²) in [6.45, 7) is 4.43. The smallest absolute Gasteiger partial charge is 0.348 e. The SMILES string of the molecule is CCn1c(SCc2nc3sc(C(=O)OC)c(C)c3c(=O)[nH]2)nnc1-c1ccc(OC)cc1. The van der Waals surface area contributed by atoms with E-state index in [1.807, 2.05) is 35.8 Å². The molecule has 0 radical (unpaired) electrons. The zero-order valence-electron chi connectivity index (χ0n) is 18.0. The van der Waals surface area contributed by atoms with E-state index in [0.29, 0.717) is 38.8 Å². The molecule has 166 valence electrons. The Morgan fingerprint density at radius 3 is 2.62 bits per heavy atom. The number of thiophene rings is 1. The fourth-order valence-electron chi connectivity index (χ4n) is 3.31. The molecule has 0 aliphatic rings. The maximum Gasteiger partial charge on any atom is 0.348 e. The Labute approximate surface area is 191 Å². The fourth-order valence-corrected chi connectivity index (χ4v) is 5.30. The number of H-pyrrole nitrogens is 1. The third-order valence-corrected chi connectivity index (χ3v) is 7.08. The van der Waals surface area contributed by atoms with Gasteiger partial charge in [0.2, 0.25) is 0 Å². The van der Waals surface area contributed by atoms with E-state index < -0.39 is 5.97 Å². The summed E-state index contributed by atoms with van der Waals surface area (Å²) in [4.78, 5) is 32.9. The van der Waals surface area contributed by atoms with Gasteiger partial charge in [0.1, 0.15) is 21.3 Å². The lowest BCUT2D eigenvalue weighted by molar-refractivity contribution is 0.0605. The molecule has 4 aromatic rings. The van der Waals surface area contributed by atoms with Crippen molar-refractivity contribution >= 4 is 39.3 Å². The first-order valence-corrected chi connectivity index (χ1v) is 11.6. The van der Waals surface area contributed by atoms with Crippen LogP contribution in [0.5, 0.6) is 5.75 Å². The second-order valence-electron chi connectivity index (χ2n) is 6.81. The molecule has 0 aliphatic heterocycles. The van der Waals surface area contributed by atoms with Crippen LogP contribution in [0.1, 0.15) is 28.0 Å². The Balaban J connectivity index is 1.60. The number of nitrogens with one attached hydrogen (secondary N) is 1. The van der Waals surface area contributed by atoms with Gasteiger partial charge < -0.3 is 19.0 Å². The Kier molecular flexibility index (Phi) is 6.28. The molecule has 1 N–H and O–H groups in total. The number of methoxy groups -OCH3 is 2. The van der Waals surface area contributed by atoms with Gasteiger partial charge in [0, 0.05) is 12.1 Å². The molecule has 0 unspecified atom stereocenters. The van der Waals surface area contributed by atoms with E-state index in [9.17, 15) is 9.59 Å². The van der Waals surface area contributed by atoms with E-state index in [-0.39, 0.29) is 5.56 Å². The molecule has 0 amide bonds. The van der Waals surface area contributed by atoms with Gasteiger partial charge in [-0.3, -0.25) is 4.79 Å². The highest BCUT2D eigenvalue weighted by Crippen LogP contribution is 2.29. The first kappa shape index (κ1) is 22.0. The molecule has 0 saturated heterocycles. The van der Waals surface area contributed by atoms with Crippen LogP contribution < -0.4 is 10.3 Å². The highest BCUT2D eigenvalue weighted by molar-refractivity contribution is 7.98. The molecule has 3 aromatic heterocycles. The molecule has 0 atom stereocenters. The number of aryl methyl sites for hydroxylation is 1. The second-order valence-corrected chi connectivity index (χ2v) is 8.75. The van der Waals surface area contributed by atoms with E-state index in [4.69, 9.17) is 9.47 Å². The molecule has 11 heteroatoms. The van der Waals surface area contributed by atoms with Crippen LogP contribution in [0, 0.1) is 6.92 Å². The predicted octanol–water partition coefficient (Wildman–Crippen LogP) is 3.66. The standard InChI is InChI=1S/C21H21N5O4S2/c1-5-26-17(12-6-8-13(29-3)9-7-12)24-25-21(26)31-10-14-22-18(27)15-11(2)16(20(28)30-4)32-19(15)23-14/h6-9H,5,10H2,1-4H3,(H,22,23,27). The number of carbonyl (C=O) groups excluding carboxylic acids is 1. The minimum absolute atomic E-state index is 0.273. The molecule has 0 spiro atoms. The van der Waals surface area contributed by atoms with Gasteiger partial charge >= 0.3 is 5.97 Å². The van der Waals surface area contributed by atoms with E-state index in [2.05, 4.69) is 20.2 Å². The van der Waals surface area contributed by atoms with E-state index >= 15 is 0 Å². The molecule has 0 bridgehead atoms. The molecule has 0 saturated carbocycles. The van der Waals surface area contributed by atoms with Crippen molar-refractivity contribution in [2.24, 2.45) is 0 Å². The number of aromatic nitrogens is 5. The molecule has 1 aromatic carbocycles. The number of ether oxygens (including phenoxy) is 2. The lowest BCUT2D eigenvalue weighted by Crippen LogP contribution is -2.11. The van der Waals surface area contributed by atoms with Crippen LogP contribution in [0.2, 0.25) is 0 Å². The number of esters is 1. The number of aromatic amines is 1. The van der Waals surface area contributed by atoms with Crippen molar-refractivity contribution in [2.75, 3.05) is 14.2 Å². The molecule has 0 aliphatic carbocycles. The fraction of sp³-hybridized carbons (Fsp3) is 0.286. The van der Waals surface area contributed by atoms with Gasteiger partial charge in [0.05, 0.1) is 25.4 Å². The first-order chi connectivity index (χ1) is 15.5. The van der Waals surface area contributed by atoms with Crippen LogP contribution in [0.15, 0.2) is 34.2 Å². The number of hydrogen-bond donors (Lipinski definition) is 1. The number of rotatable bonds is 7. The van der Waals surface area contributed by atoms with Crippen molar-refractivity contribution in [3.63, 3.8) is 0 Å². The van der Waals surface area contributed by atoms with Crippen LogP contribution in [0.3, 0.4) is 0 Å². The number of hydrogen-bond acceptors (Lipinski definition) is 9. The Morgan fingerprint density at radius 1 is 1.22 bits per heavy atom. The van der Waals surface area contributed by atoms with Crippen molar-refractivity contribution in [1.82, 2.24) is 24.7 Å². The maximum absolute atomic E-state index is 12.6. The number of carbonyl (C=O) groups is 1. The lowest BCUT2D eigenvalue weighted by Gasteiger charge is -2.08. The zero-order valence-corrected chi connectivity index (χ0v) is 19.6. The summed E-state index contributed by atoms with van der Waals surface area (Å²) in [5.41, 5.74) is 1.24. The normalized spacial score (nSPS) is 11.1. The topological polar surface area (TPSA) is 112 Å². The average molecular weight is 472 g/mol. The molecule has 3 heterocycles. The molecule has 0 fully saturated rings. The summed E-state index contributed by atoms with van der Waals surface area (Å²) in [5.74, 6) is 1.96. The van der Waals surface area contributed by atoms with Crippen LogP contribution in [-0.2, 0) is 17.0 Å². The molecule has 9 nitrogen and oxygen atoms in total.